The number of hydrogen-bond acceptors (Lipinski definition) is 5. The summed E-state index contributed by atoms with van der Waals surface area (Å²) in [6.45, 7) is 15.6. The van der Waals surface area contributed by atoms with Crippen LogP contribution in [0.3, 0.4) is 0 Å². The Bertz CT molecular complexity index is 473. The van der Waals surface area contributed by atoms with Crippen molar-refractivity contribution in [2.45, 2.75) is 90.1 Å². The predicted octanol–water partition coefficient (Wildman–Crippen LogP) is 4.31. The summed E-state index contributed by atoms with van der Waals surface area (Å²) in [6.07, 6.45) is 4.52. The van der Waals surface area contributed by atoms with Crippen molar-refractivity contribution in [3.63, 3.8) is 0 Å². The summed E-state index contributed by atoms with van der Waals surface area (Å²) in [5.74, 6) is -0.0761. The number of carbonyl (C=O) groups is 1. The fraction of sp³-hybridized carbons (Fsp3) is 0.950. The lowest BCUT2D eigenvalue weighted by atomic mass is 9.81. The Hall–Kier alpha value is -0.433. The molecule has 6 heteroatoms. The zero-order valence-electron chi connectivity index (χ0n) is 17.6. The van der Waals surface area contributed by atoms with Crippen LogP contribution in [-0.4, -0.2) is 52.9 Å². The molecule has 0 aromatic rings. The van der Waals surface area contributed by atoms with Crippen LogP contribution in [0, 0.1) is 5.41 Å². The molecule has 5 nitrogen and oxygen atoms in total. The topological polar surface area (TPSA) is 54.0 Å². The molecule has 3 atom stereocenters. The van der Waals surface area contributed by atoms with Crippen LogP contribution in [0.4, 0.5) is 0 Å². The molecule has 0 spiro atoms. The zero-order chi connectivity index (χ0) is 19.4. The minimum absolute atomic E-state index is 0.00557. The molecule has 2 fully saturated rings. The predicted molar refractivity (Wildman–Crippen MR) is 105 cm³/mol. The van der Waals surface area contributed by atoms with Crippen molar-refractivity contribution >= 4 is 14.3 Å². The van der Waals surface area contributed by atoms with Gasteiger partial charge in [0.15, 0.2) is 8.32 Å². The van der Waals surface area contributed by atoms with E-state index in [-0.39, 0.29) is 23.2 Å². The quantitative estimate of drug-likeness (QED) is 0.336. The normalized spacial score (nSPS) is 29.0. The van der Waals surface area contributed by atoms with Gasteiger partial charge in [0.1, 0.15) is 0 Å². The van der Waals surface area contributed by atoms with E-state index < -0.39 is 13.7 Å². The minimum atomic E-state index is -1.67. The van der Waals surface area contributed by atoms with Crippen LogP contribution in [0.25, 0.3) is 0 Å². The van der Waals surface area contributed by atoms with Crippen LogP contribution in [0.2, 0.25) is 18.1 Å². The van der Waals surface area contributed by atoms with E-state index in [1.54, 1.807) is 0 Å². The third-order valence-electron chi connectivity index (χ3n) is 6.34. The van der Waals surface area contributed by atoms with Gasteiger partial charge < -0.3 is 18.6 Å². The number of esters is 1. The van der Waals surface area contributed by atoms with Gasteiger partial charge in [-0.2, -0.15) is 0 Å². The van der Waals surface area contributed by atoms with Crippen molar-refractivity contribution in [1.29, 1.82) is 0 Å². The van der Waals surface area contributed by atoms with Gasteiger partial charge in [0.25, 0.3) is 0 Å². The van der Waals surface area contributed by atoms with Crippen molar-refractivity contribution in [2.75, 3.05) is 26.4 Å². The molecule has 0 bridgehead atoms. The molecule has 0 amide bonds. The molecule has 0 radical (unpaired) electrons. The fourth-order valence-electron chi connectivity index (χ4n) is 3.77. The van der Waals surface area contributed by atoms with Gasteiger partial charge in [-0.05, 0) is 57.2 Å². The summed E-state index contributed by atoms with van der Waals surface area (Å²) in [7, 11) is -1.67. The maximum absolute atomic E-state index is 12.4. The number of carbonyl (C=O) groups excluding carboxylic acids is 1. The van der Waals surface area contributed by atoms with Crippen LogP contribution in [0.1, 0.15) is 59.8 Å². The molecule has 0 aromatic heterocycles. The molecule has 0 aromatic carbocycles. The Balaban J connectivity index is 1.68. The first-order chi connectivity index (χ1) is 12.1. The molecular weight excluding hydrogens is 348 g/mol. The number of fused-ring (bicyclic) bond motifs is 1. The highest BCUT2D eigenvalue weighted by Gasteiger charge is 2.57. The van der Waals surface area contributed by atoms with Gasteiger partial charge >= 0.3 is 5.97 Å². The molecule has 0 N–H and O–H groups in total. The summed E-state index contributed by atoms with van der Waals surface area (Å²) in [5, 5.41) is 0.241. The first-order valence-corrected chi connectivity index (χ1v) is 13.1. The maximum Gasteiger partial charge on any atom is 0.314 e. The van der Waals surface area contributed by atoms with Crippen LogP contribution in [0.5, 0.6) is 0 Å². The van der Waals surface area contributed by atoms with E-state index in [9.17, 15) is 4.79 Å². The summed E-state index contributed by atoms with van der Waals surface area (Å²) in [6, 6.07) is 0. The second kappa shape index (κ2) is 8.72. The summed E-state index contributed by atoms with van der Waals surface area (Å²) in [5.41, 5.74) is -0.421. The molecule has 1 aliphatic heterocycles. The van der Waals surface area contributed by atoms with Crippen LogP contribution < -0.4 is 0 Å². The van der Waals surface area contributed by atoms with Crippen molar-refractivity contribution in [1.82, 2.24) is 0 Å². The molecule has 2 aliphatic rings. The van der Waals surface area contributed by atoms with E-state index in [2.05, 4.69) is 33.9 Å². The average Bonchev–Trinajstić information content (AvgIpc) is 3.07. The molecule has 1 aliphatic carbocycles. The lowest BCUT2D eigenvalue weighted by Gasteiger charge is -2.36. The largest absolute Gasteiger partial charge is 0.465 e. The van der Waals surface area contributed by atoms with Gasteiger partial charge in [-0.1, -0.05) is 20.8 Å². The van der Waals surface area contributed by atoms with Gasteiger partial charge in [0, 0.05) is 13.2 Å². The first kappa shape index (κ1) is 21.9. The molecule has 2 rings (SSSR count). The van der Waals surface area contributed by atoms with E-state index in [1.807, 2.05) is 6.92 Å². The third-order valence-corrected chi connectivity index (χ3v) is 10.9. The molecule has 1 saturated carbocycles. The number of ether oxygens (including phenoxy) is 3. The molecule has 1 heterocycles. The lowest BCUT2D eigenvalue weighted by molar-refractivity contribution is -0.157. The van der Waals surface area contributed by atoms with Crippen LogP contribution >= 0.6 is 0 Å². The Kier molecular flexibility index (Phi) is 7.33. The molecule has 1 saturated heterocycles. The fourth-order valence-corrected chi connectivity index (χ4v) is 4.86. The first-order valence-electron chi connectivity index (χ1n) is 10.2. The highest BCUT2D eigenvalue weighted by molar-refractivity contribution is 6.74. The van der Waals surface area contributed by atoms with Crippen molar-refractivity contribution < 1.29 is 23.4 Å². The van der Waals surface area contributed by atoms with E-state index in [0.717, 1.165) is 38.7 Å². The highest BCUT2D eigenvalue weighted by Crippen LogP contribution is 2.50. The number of hydrogen-bond donors (Lipinski definition) is 0. The molecular formula is C20H38O5Si. The second-order valence-corrected chi connectivity index (χ2v) is 14.1. The van der Waals surface area contributed by atoms with E-state index in [0.29, 0.717) is 19.8 Å². The zero-order valence-corrected chi connectivity index (χ0v) is 18.6. The van der Waals surface area contributed by atoms with Gasteiger partial charge in [0.2, 0.25) is 0 Å². The van der Waals surface area contributed by atoms with E-state index in [4.69, 9.17) is 18.6 Å². The third kappa shape index (κ3) is 4.88. The lowest BCUT2D eigenvalue weighted by Crippen LogP contribution is -2.41. The summed E-state index contributed by atoms with van der Waals surface area (Å²) in [4.78, 5) is 12.4. The smallest absolute Gasteiger partial charge is 0.314 e. The molecule has 0 unspecified atom stereocenters. The Morgan fingerprint density at radius 3 is 2.65 bits per heavy atom. The van der Waals surface area contributed by atoms with Crippen molar-refractivity contribution in [3.8, 4) is 0 Å². The Morgan fingerprint density at radius 1 is 1.27 bits per heavy atom. The SMILES string of the molecule is CCOC(=O)[C@@]12CCC[C@@H]1O[C@H](COCCCO[Si](C)(C)C(C)(C)C)C2. The van der Waals surface area contributed by atoms with Gasteiger partial charge in [-0.15, -0.1) is 0 Å². The number of rotatable bonds is 9. The van der Waals surface area contributed by atoms with Gasteiger partial charge in [-0.3, -0.25) is 4.79 Å². The van der Waals surface area contributed by atoms with E-state index in [1.165, 1.54) is 0 Å². The average molecular weight is 387 g/mol. The van der Waals surface area contributed by atoms with Gasteiger partial charge in [-0.25, -0.2) is 0 Å². The Morgan fingerprint density at radius 2 is 2.00 bits per heavy atom. The summed E-state index contributed by atoms with van der Waals surface area (Å²) >= 11 is 0. The minimum Gasteiger partial charge on any atom is -0.465 e. The monoisotopic (exact) mass is 386 g/mol. The molecule has 26 heavy (non-hydrogen) atoms. The standard InChI is InChI=1S/C20H38O5Si/c1-7-23-18(21)20-11-8-10-17(20)25-16(14-20)15-22-12-9-13-24-26(5,6)19(2,3)4/h16-17H,7-15H2,1-6H3/t16-,17-,20+/m0/s1. The van der Waals surface area contributed by atoms with Crippen molar-refractivity contribution in [2.24, 2.45) is 5.41 Å². The summed E-state index contributed by atoms with van der Waals surface area (Å²) < 4.78 is 23.4. The molecule has 152 valence electrons. The van der Waals surface area contributed by atoms with Crippen LogP contribution in [0.15, 0.2) is 0 Å². The van der Waals surface area contributed by atoms with Crippen molar-refractivity contribution in [3.05, 3.63) is 0 Å². The van der Waals surface area contributed by atoms with E-state index >= 15 is 0 Å². The Labute approximate surface area is 160 Å². The highest BCUT2D eigenvalue weighted by atomic mass is 28.4. The second-order valence-electron chi connectivity index (χ2n) is 9.26. The maximum atomic E-state index is 12.4. The van der Waals surface area contributed by atoms with Crippen LogP contribution in [-0.2, 0) is 23.4 Å². The van der Waals surface area contributed by atoms with Gasteiger partial charge in [0.05, 0.1) is 30.8 Å².